The van der Waals surface area contributed by atoms with Gasteiger partial charge in [0, 0.05) is 16.4 Å². The summed E-state index contributed by atoms with van der Waals surface area (Å²) in [4.78, 5) is 15.0. The molecule has 1 heterocycles. The van der Waals surface area contributed by atoms with Gasteiger partial charge in [-0.3, -0.25) is 4.98 Å². The standard InChI is InChI=1S/C13H10BrFN2O2/c1-7-4-11(9(6-16-7)13(18)19)17-12-5-8(15)2-3-10(12)14/h2-6H,1H3,(H,16,17)(H,18,19). The van der Waals surface area contributed by atoms with Gasteiger partial charge in [-0.2, -0.15) is 0 Å². The lowest BCUT2D eigenvalue weighted by molar-refractivity contribution is 0.0697. The highest BCUT2D eigenvalue weighted by atomic mass is 79.9. The summed E-state index contributed by atoms with van der Waals surface area (Å²) in [6.45, 7) is 1.75. The maximum absolute atomic E-state index is 13.2. The lowest BCUT2D eigenvalue weighted by Crippen LogP contribution is -2.04. The molecule has 0 saturated heterocycles. The monoisotopic (exact) mass is 324 g/mol. The minimum Gasteiger partial charge on any atom is -0.478 e. The number of benzene rings is 1. The number of aromatic nitrogens is 1. The first-order valence-electron chi connectivity index (χ1n) is 5.39. The fraction of sp³-hybridized carbons (Fsp3) is 0.0769. The Morgan fingerprint density at radius 1 is 1.37 bits per heavy atom. The predicted octanol–water partition coefficient (Wildman–Crippen LogP) is 3.73. The molecule has 1 aromatic heterocycles. The van der Waals surface area contributed by atoms with Gasteiger partial charge in [0.15, 0.2) is 0 Å². The molecular formula is C13H10BrFN2O2. The number of anilines is 2. The fourth-order valence-corrected chi connectivity index (χ4v) is 1.92. The molecule has 0 aliphatic heterocycles. The van der Waals surface area contributed by atoms with Crippen molar-refractivity contribution < 1.29 is 14.3 Å². The van der Waals surface area contributed by atoms with Crippen molar-refractivity contribution in [2.45, 2.75) is 6.92 Å². The van der Waals surface area contributed by atoms with Crippen LogP contribution >= 0.6 is 15.9 Å². The van der Waals surface area contributed by atoms with Crippen LogP contribution in [0.5, 0.6) is 0 Å². The minimum absolute atomic E-state index is 0.0294. The normalized spacial score (nSPS) is 10.3. The second kappa shape index (κ2) is 5.36. The van der Waals surface area contributed by atoms with Crippen molar-refractivity contribution in [3.05, 3.63) is 52.0 Å². The largest absolute Gasteiger partial charge is 0.478 e. The van der Waals surface area contributed by atoms with Crippen molar-refractivity contribution in [1.29, 1.82) is 0 Å². The summed E-state index contributed by atoms with van der Waals surface area (Å²) in [7, 11) is 0. The van der Waals surface area contributed by atoms with Crippen molar-refractivity contribution in [2.24, 2.45) is 0 Å². The highest BCUT2D eigenvalue weighted by Crippen LogP contribution is 2.28. The molecule has 0 atom stereocenters. The Balaban J connectivity index is 2.45. The Labute approximate surface area is 117 Å². The van der Waals surface area contributed by atoms with Gasteiger partial charge in [0.25, 0.3) is 0 Å². The number of carbonyl (C=O) groups is 1. The van der Waals surface area contributed by atoms with Gasteiger partial charge >= 0.3 is 5.97 Å². The van der Waals surface area contributed by atoms with E-state index in [-0.39, 0.29) is 5.56 Å². The lowest BCUT2D eigenvalue weighted by Gasteiger charge is -2.11. The number of nitrogens with zero attached hydrogens (tertiary/aromatic N) is 1. The molecule has 4 nitrogen and oxygen atoms in total. The Morgan fingerprint density at radius 3 is 2.79 bits per heavy atom. The Kier molecular flexibility index (Phi) is 3.80. The number of hydrogen-bond acceptors (Lipinski definition) is 3. The number of carboxylic acids is 1. The Morgan fingerprint density at radius 2 is 2.11 bits per heavy atom. The molecule has 0 aliphatic rings. The minimum atomic E-state index is -1.09. The third-order valence-corrected chi connectivity index (χ3v) is 3.16. The van der Waals surface area contributed by atoms with E-state index >= 15 is 0 Å². The first-order chi connectivity index (χ1) is 8.97. The fourth-order valence-electron chi connectivity index (χ4n) is 1.57. The van der Waals surface area contributed by atoms with Gasteiger partial charge in [-0.1, -0.05) is 0 Å². The van der Waals surface area contributed by atoms with E-state index < -0.39 is 11.8 Å². The average Bonchev–Trinajstić information content (AvgIpc) is 2.33. The predicted molar refractivity (Wildman–Crippen MR) is 73.3 cm³/mol. The van der Waals surface area contributed by atoms with Crippen LogP contribution in [0.25, 0.3) is 0 Å². The van der Waals surface area contributed by atoms with Crippen LogP contribution in [-0.2, 0) is 0 Å². The van der Waals surface area contributed by atoms with Crippen LogP contribution in [0.2, 0.25) is 0 Å². The Bertz CT molecular complexity index is 647. The van der Waals surface area contributed by atoms with Crippen LogP contribution < -0.4 is 5.32 Å². The van der Waals surface area contributed by atoms with E-state index in [4.69, 9.17) is 5.11 Å². The zero-order valence-electron chi connectivity index (χ0n) is 9.95. The molecule has 2 N–H and O–H groups in total. The van der Waals surface area contributed by atoms with E-state index in [1.54, 1.807) is 19.1 Å². The highest BCUT2D eigenvalue weighted by Gasteiger charge is 2.12. The van der Waals surface area contributed by atoms with Crippen LogP contribution in [0.15, 0.2) is 34.9 Å². The van der Waals surface area contributed by atoms with Gasteiger partial charge in [-0.15, -0.1) is 0 Å². The summed E-state index contributed by atoms with van der Waals surface area (Å²) < 4.78 is 13.8. The topological polar surface area (TPSA) is 62.2 Å². The smallest absolute Gasteiger partial charge is 0.339 e. The second-order valence-electron chi connectivity index (χ2n) is 3.93. The molecule has 0 amide bonds. The van der Waals surface area contributed by atoms with Gasteiger partial charge in [-0.25, -0.2) is 9.18 Å². The number of rotatable bonds is 3. The summed E-state index contributed by atoms with van der Waals surface area (Å²) >= 11 is 3.28. The van der Waals surface area contributed by atoms with Crippen LogP contribution in [0.1, 0.15) is 16.1 Å². The summed E-state index contributed by atoms with van der Waals surface area (Å²) in [5.41, 5.74) is 1.51. The molecule has 0 unspecified atom stereocenters. The molecule has 0 aliphatic carbocycles. The summed E-state index contributed by atoms with van der Waals surface area (Å²) in [6.07, 6.45) is 1.27. The number of carboxylic acid groups (broad SMARTS) is 1. The van der Waals surface area contributed by atoms with E-state index in [1.165, 1.54) is 18.3 Å². The maximum atomic E-state index is 13.2. The van der Waals surface area contributed by atoms with Crippen LogP contribution in [0.3, 0.4) is 0 Å². The molecule has 19 heavy (non-hydrogen) atoms. The van der Waals surface area contributed by atoms with Gasteiger partial charge < -0.3 is 10.4 Å². The SMILES string of the molecule is Cc1cc(Nc2cc(F)ccc2Br)c(C(=O)O)cn1. The quantitative estimate of drug-likeness (QED) is 0.902. The summed E-state index contributed by atoms with van der Waals surface area (Å²) in [6, 6.07) is 5.74. The lowest BCUT2D eigenvalue weighted by atomic mass is 10.2. The molecular weight excluding hydrogens is 315 g/mol. The summed E-state index contributed by atoms with van der Waals surface area (Å²) in [5, 5.41) is 12.0. The molecule has 2 aromatic rings. The zero-order chi connectivity index (χ0) is 14.0. The van der Waals surface area contributed by atoms with Gasteiger partial charge in [-0.05, 0) is 47.1 Å². The number of halogens is 2. The number of hydrogen-bond donors (Lipinski definition) is 2. The molecule has 0 saturated carbocycles. The third-order valence-electron chi connectivity index (χ3n) is 2.47. The van der Waals surface area contributed by atoms with Crippen molar-refractivity contribution in [1.82, 2.24) is 4.98 Å². The van der Waals surface area contributed by atoms with E-state index in [2.05, 4.69) is 26.2 Å². The third kappa shape index (κ3) is 3.08. The van der Waals surface area contributed by atoms with Gasteiger partial charge in [0.2, 0.25) is 0 Å². The van der Waals surface area contributed by atoms with E-state index in [0.717, 1.165) is 0 Å². The van der Waals surface area contributed by atoms with Crippen LogP contribution in [0.4, 0.5) is 15.8 Å². The first-order valence-corrected chi connectivity index (χ1v) is 6.18. The molecule has 0 bridgehead atoms. The van der Waals surface area contributed by atoms with Gasteiger partial charge in [0.05, 0.1) is 11.4 Å². The molecule has 0 spiro atoms. The van der Waals surface area contributed by atoms with Crippen molar-refractivity contribution in [3.8, 4) is 0 Å². The van der Waals surface area contributed by atoms with E-state index in [1.807, 2.05) is 0 Å². The number of aryl methyl sites for hydroxylation is 1. The second-order valence-corrected chi connectivity index (χ2v) is 4.78. The Hall–Kier alpha value is -1.95. The molecule has 0 radical (unpaired) electrons. The van der Waals surface area contributed by atoms with Crippen molar-refractivity contribution in [3.63, 3.8) is 0 Å². The van der Waals surface area contributed by atoms with Gasteiger partial charge in [0.1, 0.15) is 11.4 Å². The molecule has 1 aromatic carbocycles. The van der Waals surface area contributed by atoms with Crippen LogP contribution in [-0.4, -0.2) is 16.1 Å². The zero-order valence-corrected chi connectivity index (χ0v) is 11.5. The molecule has 6 heteroatoms. The number of aromatic carboxylic acids is 1. The van der Waals surface area contributed by atoms with Crippen LogP contribution in [0, 0.1) is 12.7 Å². The van der Waals surface area contributed by atoms with E-state index in [0.29, 0.717) is 21.5 Å². The number of pyridine rings is 1. The molecule has 0 fully saturated rings. The summed E-state index contributed by atoms with van der Waals surface area (Å²) in [5.74, 6) is -1.50. The van der Waals surface area contributed by atoms with Crippen molar-refractivity contribution in [2.75, 3.05) is 5.32 Å². The average molecular weight is 325 g/mol. The molecule has 98 valence electrons. The van der Waals surface area contributed by atoms with E-state index in [9.17, 15) is 9.18 Å². The van der Waals surface area contributed by atoms with Crippen molar-refractivity contribution >= 4 is 33.3 Å². The highest BCUT2D eigenvalue weighted by molar-refractivity contribution is 9.10. The molecule has 2 rings (SSSR count). The first kappa shape index (κ1) is 13.5. The maximum Gasteiger partial charge on any atom is 0.339 e. The number of nitrogens with one attached hydrogen (secondary N) is 1.